The lowest BCUT2D eigenvalue weighted by Crippen LogP contribution is -2.60. The Morgan fingerprint density at radius 3 is 2.08 bits per heavy atom. The number of carbonyl (C=O) groups excluding carboxylic acids is 1. The highest BCUT2D eigenvalue weighted by atomic mass is 19.4. The van der Waals surface area contributed by atoms with Gasteiger partial charge in [-0.15, -0.1) is 0 Å². The first kappa shape index (κ1) is 26.5. The first-order valence-electron chi connectivity index (χ1n) is 11.8. The van der Waals surface area contributed by atoms with E-state index in [9.17, 15) is 31.1 Å². The van der Waals surface area contributed by atoms with Crippen LogP contribution in [0.3, 0.4) is 0 Å². The Balaban J connectivity index is 1.49. The Bertz CT molecular complexity index is 1040. The zero-order valence-corrected chi connectivity index (χ0v) is 19.7. The van der Waals surface area contributed by atoms with Crippen LogP contribution in [0.4, 0.5) is 26.3 Å². The largest absolute Gasteiger partial charge is 0.416 e. The predicted molar refractivity (Wildman–Crippen MR) is 121 cm³/mol. The van der Waals surface area contributed by atoms with Crippen molar-refractivity contribution in [2.45, 2.75) is 68.6 Å². The fraction of sp³-hybridized carbons (Fsp3) is 0.500. The van der Waals surface area contributed by atoms with Gasteiger partial charge in [0.25, 0.3) is 0 Å². The van der Waals surface area contributed by atoms with Crippen molar-refractivity contribution < 1.29 is 35.9 Å². The van der Waals surface area contributed by atoms with E-state index in [0.717, 1.165) is 18.4 Å². The summed E-state index contributed by atoms with van der Waals surface area (Å²) in [5.74, 6) is 0.0282. The number of piperidine rings is 1. The Labute approximate surface area is 205 Å². The molecule has 0 saturated carbocycles. The van der Waals surface area contributed by atoms with Gasteiger partial charge in [0, 0.05) is 25.1 Å². The van der Waals surface area contributed by atoms with Gasteiger partial charge < -0.3 is 15.4 Å². The molecule has 1 spiro atoms. The maximum Gasteiger partial charge on any atom is 0.416 e. The van der Waals surface area contributed by atoms with Crippen molar-refractivity contribution in [3.05, 3.63) is 70.8 Å². The summed E-state index contributed by atoms with van der Waals surface area (Å²) in [6.45, 7) is 2.12. The number of benzene rings is 2. The maximum absolute atomic E-state index is 13.2. The summed E-state index contributed by atoms with van der Waals surface area (Å²) in [6, 6.07) is 11.2. The number of hydrogen-bond donors (Lipinski definition) is 2. The molecule has 2 aliphatic rings. The third-order valence-electron chi connectivity index (χ3n) is 7.33. The summed E-state index contributed by atoms with van der Waals surface area (Å²) in [6.07, 6.45) is -7.68. The summed E-state index contributed by atoms with van der Waals surface area (Å²) in [7, 11) is 0. The predicted octanol–water partition coefficient (Wildman–Crippen LogP) is 6.12. The van der Waals surface area contributed by atoms with E-state index in [-0.39, 0.29) is 29.7 Å². The zero-order valence-electron chi connectivity index (χ0n) is 19.7. The molecule has 0 radical (unpaired) electrons. The second-order valence-corrected chi connectivity index (χ2v) is 9.73. The third-order valence-corrected chi connectivity index (χ3v) is 7.33. The van der Waals surface area contributed by atoms with Gasteiger partial charge in [0.2, 0.25) is 5.91 Å². The van der Waals surface area contributed by atoms with Gasteiger partial charge in [-0.1, -0.05) is 30.3 Å². The van der Waals surface area contributed by atoms with E-state index in [0.29, 0.717) is 37.9 Å². The lowest BCUT2D eigenvalue weighted by atomic mass is 9.74. The molecule has 2 N–H and O–H groups in total. The van der Waals surface area contributed by atoms with E-state index in [1.807, 2.05) is 30.3 Å². The molecule has 2 fully saturated rings. The molecule has 4 rings (SSSR count). The van der Waals surface area contributed by atoms with Gasteiger partial charge in [0.05, 0.1) is 22.8 Å². The summed E-state index contributed by atoms with van der Waals surface area (Å²) in [4.78, 5) is 11.8. The zero-order chi connectivity index (χ0) is 26.2. The summed E-state index contributed by atoms with van der Waals surface area (Å²) >= 11 is 0. The second-order valence-electron chi connectivity index (χ2n) is 9.73. The quantitative estimate of drug-likeness (QED) is 0.457. The molecule has 10 heteroatoms. The van der Waals surface area contributed by atoms with Gasteiger partial charge in [0.1, 0.15) is 0 Å². The SMILES string of the molecule is CC(OCCC1(c2ccccc2)CC[C@]2(CCC(=O)N2)CN1)c1cc(C(F)(F)F)cc(C(F)(F)F)c1. The highest BCUT2D eigenvalue weighted by Crippen LogP contribution is 2.41. The van der Waals surface area contributed by atoms with E-state index < -0.39 is 35.1 Å². The standard InChI is InChI=1S/C26H28F6N2O2/c1-17(18-13-20(25(27,28)29)15-21(14-18)26(30,31)32)36-12-11-24(19-5-3-2-4-6-19)10-9-23(16-33-24)8-7-22(35)34-23/h2-6,13-15,17,33H,7-12,16H2,1H3,(H,34,35)/t17?,23-,24?/m1/s1. The van der Waals surface area contributed by atoms with Gasteiger partial charge in [-0.25, -0.2) is 0 Å². The van der Waals surface area contributed by atoms with E-state index >= 15 is 0 Å². The fourth-order valence-electron chi connectivity index (χ4n) is 5.14. The normalized spacial score (nSPS) is 25.7. The molecule has 2 heterocycles. The molecule has 2 saturated heterocycles. The number of ether oxygens (including phenoxy) is 1. The van der Waals surface area contributed by atoms with Crippen LogP contribution in [0, 0.1) is 0 Å². The molecular formula is C26H28F6N2O2. The van der Waals surface area contributed by atoms with Gasteiger partial charge >= 0.3 is 12.4 Å². The minimum Gasteiger partial charge on any atom is -0.374 e. The van der Waals surface area contributed by atoms with Crippen LogP contribution in [0.5, 0.6) is 0 Å². The smallest absolute Gasteiger partial charge is 0.374 e. The molecule has 0 bridgehead atoms. The molecular weight excluding hydrogens is 486 g/mol. The topological polar surface area (TPSA) is 50.4 Å². The van der Waals surface area contributed by atoms with Gasteiger partial charge in [-0.3, -0.25) is 4.79 Å². The van der Waals surface area contributed by atoms with Crippen LogP contribution >= 0.6 is 0 Å². The van der Waals surface area contributed by atoms with Crippen molar-refractivity contribution in [2.24, 2.45) is 0 Å². The average molecular weight is 515 g/mol. The molecule has 0 aliphatic carbocycles. The average Bonchev–Trinajstić information content (AvgIpc) is 3.20. The molecule has 2 unspecified atom stereocenters. The van der Waals surface area contributed by atoms with E-state index in [1.54, 1.807) is 0 Å². The number of carbonyl (C=O) groups is 1. The summed E-state index contributed by atoms with van der Waals surface area (Å²) in [5.41, 5.74) is -2.68. The highest BCUT2D eigenvalue weighted by molar-refractivity contribution is 5.79. The van der Waals surface area contributed by atoms with Crippen molar-refractivity contribution in [2.75, 3.05) is 13.2 Å². The molecule has 0 aromatic heterocycles. The van der Waals surface area contributed by atoms with Crippen LogP contribution < -0.4 is 10.6 Å². The Morgan fingerprint density at radius 1 is 0.944 bits per heavy atom. The van der Waals surface area contributed by atoms with E-state index in [1.165, 1.54) is 6.92 Å². The summed E-state index contributed by atoms with van der Waals surface area (Å²) < 4.78 is 85.2. The first-order valence-corrected chi connectivity index (χ1v) is 11.8. The lowest BCUT2D eigenvalue weighted by Gasteiger charge is -2.46. The molecule has 36 heavy (non-hydrogen) atoms. The molecule has 196 valence electrons. The fourth-order valence-corrected chi connectivity index (χ4v) is 5.14. The molecule has 4 nitrogen and oxygen atoms in total. The molecule has 2 aromatic rings. The van der Waals surface area contributed by atoms with E-state index in [2.05, 4.69) is 10.6 Å². The van der Waals surface area contributed by atoms with Gasteiger partial charge in [-0.2, -0.15) is 26.3 Å². The number of amides is 1. The van der Waals surface area contributed by atoms with Crippen molar-refractivity contribution in [3.8, 4) is 0 Å². The molecule has 2 aliphatic heterocycles. The number of halogens is 6. The van der Waals surface area contributed by atoms with Crippen molar-refractivity contribution in [3.63, 3.8) is 0 Å². The van der Waals surface area contributed by atoms with Crippen LogP contribution in [0.2, 0.25) is 0 Å². The van der Waals surface area contributed by atoms with Crippen molar-refractivity contribution in [1.82, 2.24) is 10.6 Å². The number of nitrogens with one attached hydrogen (secondary N) is 2. The van der Waals surface area contributed by atoms with Crippen LogP contribution in [0.25, 0.3) is 0 Å². The van der Waals surface area contributed by atoms with Crippen LogP contribution in [-0.2, 0) is 27.4 Å². The Hall–Kier alpha value is -2.59. The highest BCUT2D eigenvalue weighted by Gasteiger charge is 2.46. The molecule has 3 atom stereocenters. The van der Waals surface area contributed by atoms with Crippen molar-refractivity contribution >= 4 is 5.91 Å². The lowest BCUT2D eigenvalue weighted by molar-refractivity contribution is -0.143. The minimum absolute atomic E-state index is 0.0282. The van der Waals surface area contributed by atoms with Gasteiger partial charge in [0.15, 0.2) is 0 Å². The third kappa shape index (κ3) is 5.70. The van der Waals surface area contributed by atoms with E-state index in [4.69, 9.17) is 4.74 Å². The van der Waals surface area contributed by atoms with Gasteiger partial charge in [-0.05, 0) is 61.9 Å². The molecule has 2 aromatic carbocycles. The minimum atomic E-state index is -4.91. The molecule has 1 amide bonds. The number of hydrogen-bond acceptors (Lipinski definition) is 3. The monoisotopic (exact) mass is 514 g/mol. The summed E-state index contributed by atoms with van der Waals surface area (Å²) in [5, 5.41) is 6.65. The number of rotatable bonds is 6. The first-order chi connectivity index (χ1) is 16.8. The Kier molecular flexibility index (Phi) is 7.13. The number of alkyl halides is 6. The van der Waals surface area contributed by atoms with Crippen LogP contribution in [0.1, 0.15) is 67.4 Å². The Morgan fingerprint density at radius 2 is 1.58 bits per heavy atom. The van der Waals surface area contributed by atoms with Crippen molar-refractivity contribution in [1.29, 1.82) is 0 Å². The van der Waals surface area contributed by atoms with Crippen LogP contribution in [-0.4, -0.2) is 24.6 Å². The second kappa shape index (κ2) is 9.70. The van der Waals surface area contributed by atoms with Crippen LogP contribution in [0.15, 0.2) is 48.5 Å². The maximum atomic E-state index is 13.2.